The van der Waals surface area contributed by atoms with Crippen LogP contribution in [-0.2, 0) is 9.24 Å². The van der Waals surface area contributed by atoms with Crippen LogP contribution in [0.5, 0.6) is 0 Å². The smallest absolute Gasteiger partial charge is 0.245 e. The number of carbonyl (C=O) groups is 1. The molecule has 1 N–H and O–H groups in total. The summed E-state index contributed by atoms with van der Waals surface area (Å²) in [6, 6.07) is 16.5. The third kappa shape index (κ3) is 4.87. The number of amides is 2. The molecule has 0 aliphatic heterocycles. The first-order chi connectivity index (χ1) is 10.5. The maximum atomic E-state index is 12.0. The highest BCUT2D eigenvalue weighted by atomic mass is 35.7. The number of urea groups is 1. The molecule has 2 aromatic rings. The summed E-state index contributed by atoms with van der Waals surface area (Å²) in [5.74, 6) is 0. The van der Waals surface area contributed by atoms with Crippen LogP contribution in [0.2, 0.25) is 0 Å². The van der Waals surface area contributed by atoms with Crippen molar-refractivity contribution in [3.63, 3.8) is 0 Å². The second-order valence-electron chi connectivity index (χ2n) is 4.15. The third-order valence-electron chi connectivity index (χ3n) is 2.52. The fourth-order valence-corrected chi connectivity index (χ4v) is 2.11. The highest BCUT2D eigenvalue weighted by Gasteiger charge is 2.19. The minimum atomic E-state index is -4.20. The van der Waals surface area contributed by atoms with E-state index in [1.165, 1.54) is 6.21 Å². The van der Waals surface area contributed by atoms with E-state index in [1.807, 2.05) is 18.2 Å². The molecule has 0 saturated carbocycles. The van der Waals surface area contributed by atoms with Crippen molar-refractivity contribution in [2.24, 2.45) is 5.10 Å². The van der Waals surface area contributed by atoms with Gasteiger partial charge in [-0.05, 0) is 17.7 Å². The topological polar surface area (TPSA) is 78.8 Å². The Hall–Kier alpha value is -2.38. The van der Waals surface area contributed by atoms with Gasteiger partial charge >= 0.3 is 15.3 Å². The van der Waals surface area contributed by atoms with Crippen molar-refractivity contribution in [1.82, 2.24) is 4.72 Å². The summed E-state index contributed by atoms with van der Waals surface area (Å²) >= 11 is 0. The van der Waals surface area contributed by atoms with Crippen LogP contribution in [0.3, 0.4) is 0 Å². The molecule has 2 amide bonds. The van der Waals surface area contributed by atoms with Crippen molar-refractivity contribution in [2.45, 2.75) is 0 Å². The summed E-state index contributed by atoms with van der Waals surface area (Å²) in [7, 11) is 0.836. The number of nitrogens with one attached hydrogen (secondary N) is 1. The van der Waals surface area contributed by atoms with Gasteiger partial charge in [-0.1, -0.05) is 48.5 Å². The number of halogens is 1. The standard InChI is InChI=1S/C14H12ClN3O3S/c15-22(20,21)17-14(19)18(13-9-5-2-6-10-13)16-11-12-7-3-1-4-8-12/h1-11H,(H,17,19). The lowest BCUT2D eigenvalue weighted by atomic mass is 10.2. The Morgan fingerprint density at radius 1 is 1.05 bits per heavy atom. The van der Waals surface area contributed by atoms with Crippen molar-refractivity contribution in [3.05, 3.63) is 66.2 Å². The number of hydrazone groups is 1. The summed E-state index contributed by atoms with van der Waals surface area (Å²) in [6.07, 6.45) is 1.44. The van der Waals surface area contributed by atoms with Gasteiger partial charge in [0.15, 0.2) is 0 Å². The van der Waals surface area contributed by atoms with Gasteiger partial charge in [0.2, 0.25) is 0 Å². The molecule has 0 atom stereocenters. The fourth-order valence-electron chi connectivity index (χ4n) is 1.62. The van der Waals surface area contributed by atoms with E-state index in [1.54, 1.807) is 47.2 Å². The van der Waals surface area contributed by atoms with E-state index in [2.05, 4.69) is 5.10 Å². The SMILES string of the molecule is O=C(NS(=O)(=O)Cl)N(N=Cc1ccccc1)c1ccccc1. The molecule has 0 heterocycles. The van der Waals surface area contributed by atoms with E-state index >= 15 is 0 Å². The number of rotatable bonds is 4. The molecule has 0 aliphatic carbocycles. The van der Waals surface area contributed by atoms with Crippen LogP contribution in [0.15, 0.2) is 65.8 Å². The average Bonchev–Trinajstić information content (AvgIpc) is 2.48. The maximum absolute atomic E-state index is 12.0. The van der Waals surface area contributed by atoms with Crippen LogP contribution in [0, 0.1) is 0 Å². The van der Waals surface area contributed by atoms with Crippen molar-refractivity contribution in [2.75, 3.05) is 5.01 Å². The molecule has 0 aliphatic rings. The van der Waals surface area contributed by atoms with Gasteiger partial charge in [-0.25, -0.2) is 9.52 Å². The second-order valence-corrected chi connectivity index (χ2v) is 6.45. The first kappa shape index (κ1) is 16.0. The molecule has 0 aromatic heterocycles. The average molecular weight is 338 g/mol. The lowest BCUT2D eigenvalue weighted by Crippen LogP contribution is -2.38. The van der Waals surface area contributed by atoms with Crippen LogP contribution in [0.4, 0.5) is 10.5 Å². The molecule has 6 nitrogen and oxygen atoms in total. The highest BCUT2D eigenvalue weighted by Crippen LogP contribution is 2.14. The Balaban J connectivity index is 2.30. The van der Waals surface area contributed by atoms with E-state index in [0.717, 1.165) is 10.6 Å². The summed E-state index contributed by atoms with van der Waals surface area (Å²) in [6.45, 7) is 0. The Labute approximate surface area is 132 Å². The van der Waals surface area contributed by atoms with Gasteiger partial charge in [-0.15, -0.1) is 0 Å². The zero-order chi connectivity index (χ0) is 16.0. The largest absolute Gasteiger partial charge is 0.357 e. The quantitative estimate of drug-likeness (QED) is 0.529. The maximum Gasteiger partial charge on any atom is 0.357 e. The Morgan fingerprint density at radius 2 is 1.59 bits per heavy atom. The first-order valence-electron chi connectivity index (χ1n) is 6.16. The molecule has 0 radical (unpaired) electrons. The summed E-state index contributed by atoms with van der Waals surface area (Å²) < 4.78 is 23.7. The van der Waals surface area contributed by atoms with Gasteiger partial charge in [0.25, 0.3) is 0 Å². The molecule has 0 bridgehead atoms. The van der Waals surface area contributed by atoms with Gasteiger partial charge < -0.3 is 0 Å². The predicted octanol–water partition coefficient (Wildman–Crippen LogP) is 2.72. The van der Waals surface area contributed by atoms with E-state index < -0.39 is 15.3 Å². The number of benzene rings is 2. The predicted molar refractivity (Wildman–Crippen MR) is 86.3 cm³/mol. The highest BCUT2D eigenvalue weighted by molar-refractivity contribution is 8.12. The normalized spacial score (nSPS) is 11.3. The lowest BCUT2D eigenvalue weighted by molar-refractivity contribution is 0.251. The van der Waals surface area contributed by atoms with Gasteiger partial charge in [-0.2, -0.15) is 18.5 Å². The second kappa shape index (κ2) is 7.06. The molecule has 8 heteroatoms. The van der Waals surface area contributed by atoms with Crippen LogP contribution < -0.4 is 9.73 Å². The minimum absolute atomic E-state index is 0.396. The lowest BCUT2D eigenvalue weighted by Gasteiger charge is -2.16. The number of hydrogen-bond donors (Lipinski definition) is 1. The zero-order valence-electron chi connectivity index (χ0n) is 11.3. The number of para-hydroxylation sites is 1. The van der Waals surface area contributed by atoms with Crippen LogP contribution in [-0.4, -0.2) is 20.7 Å². The summed E-state index contributed by atoms with van der Waals surface area (Å²) in [5.41, 5.74) is 1.15. The van der Waals surface area contributed by atoms with Gasteiger partial charge in [0, 0.05) is 10.7 Å². The molecule has 2 rings (SSSR count). The Morgan fingerprint density at radius 3 is 2.14 bits per heavy atom. The molecule has 114 valence electrons. The van der Waals surface area contributed by atoms with E-state index in [0.29, 0.717) is 5.69 Å². The van der Waals surface area contributed by atoms with E-state index in [4.69, 9.17) is 10.7 Å². The molecular weight excluding hydrogens is 326 g/mol. The summed E-state index contributed by atoms with van der Waals surface area (Å²) in [5, 5.41) is 4.93. The van der Waals surface area contributed by atoms with E-state index in [-0.39, 0.29) is 0 Å². The van der Waals surface area contributed by atoms with Crippen molar-refractivity contribution >= 4 is 37.9 Å². The fraction of sp³-hybridized carbons (Fsp3) is 0. The molecule has 2 aromatic carbocycles. The molecule has 22 heavy (non-hydrogen) atoms. The molecule has 0 fully saturated rings. The number of nitrogens with zero attached hydrogens (tertiary/aromatic N) is 2. The molecule has 0 unspecified atom stereocenters. The molecule has 0 saturated heterocycles. The van der Waals surface area contributed by atoms with Crippen LogP contribution in [0.1, 0.15) is 5.56 Å². The number of hydrogen-bond acceptors (Lipinski definition) is 4. The Bertz CT molecular complexity index is 764. The third-order valence-corrected chi connectivity index (χ3v) is 3.17. The Kier molecular flexibility index (Phi) is 5.13. The first-order valence-corrected chi connectivity index (χ1v) is 8.47. The number of carbonyl (C=O) groups excluding carboxylic acids is 1. The van der Waals surface area contributed by atoms with Gasteiger partial charge in [0.1, 0.15) is 0 Å². The van der Waals surface area contributed by atoms with Crippen LogP contribution in [0.25, 0.3) is 0 Å². The minimum Gasteiger partial charge on any atom is -0.245 e. The summed E-state index contributed by atoms with van der Waals surface area (Å²) in [4.78, 5) is 12.0. The molecular formula is C14H12ClN3O3S. The van der Waals surface area contributed by atoms with Crippen molar-refractivity contribution in [3.8, 4) is 0 Å². The van der Waals surface area contributed by atoms with Gasteiger partial charge in [-0.3, -0.25) is 0 Å². The monoisotopic (exact) mass is 337 g/mol. The molecule has 0 spiro atoms. The van der Waals surface area contributed by atoms with Gasteiger partial charge in [0.05, 0.1) is 11.9 Å². The number of anilines is 1. The van der Waals surface area contributed by atoms with E-state index in [9.17, 15) is 13.2 Å². The zero-order valence-corrected chi connectivity index (χ0v) is 12.8. The van der Waals surface area contributed by atoms with Crippen LogP contribution >= 0.6 is 10.7 Å². The van der Waals surface area contributed by atoms with Crippen molar-refractivity contribution in [1.29, 1.82) is 0 Å². The van der Waals surface area contributed by atoms with Crippen molar-refractivity contribution < 1.29 is 13.2 Å².